The highest BCUT2D eigenvalue weighted by atomic mass is 32.1. The molecule has 0 aliphatic rings. The van der Waals surface area contributed by atoms with Crippen molar-refractivity contribution in [2.45, 2.75) is 32.9 Å². The second kappa shape index (κ2) is 8.55. The zero-order valence-corrected chi connectivity index (χ0v) is 11.6. The summed E-state index contributed by atoms with van der Waals surface area (Å²) in [6.07, 6.45) is -0.537. The first-order valence-electron chi connectivity index (χ1n) is 5.34. The summed E-state index contributed by atoms with van der Waals surface area (Å²) in [5.74, 6) is 0.391. The molecule has 0 fully saturated rings. The highest BCUT2D eigenvalue weighted by Gasteiger charge is 2.42. The van der Waals surface area contributed by atoms with Gasteiger partial charge in [-0.05, 0) is 20.8 Å². The Morgan fingerprint density at radius 3 is 1.73 bits per heavy atom. The monoisotopic (exact) mass is 254 g/mol. The Hall–Kier alpha value is 0.407. The topological polar surface area (TPSA) is 47.9 Å². The Morgan fingerprint density at radius 1 is 1.07 bits per heavy atom. The van der Waals surface area contributed by atoms with Crippen molar-refractivity contribution in [3.05, 3.63) is 0 Å². The molecule has 0 aromatic carbocycles. The number of rotatable bonds is 9. The Kier molecular flexibility index (Phi) is 8.78. The molecule has 15 heavy (non-hydrogen) atoms. The van der Waals surface area contributed by atoms with Crippen LogP contribution in [0.5, 0.6) is 0 Å². The summed E-state index contributed by atoms with van der Waals surface area (Å²) in [4.78, 5) is 0. The van der Waals surface area contributed by atoms with Crippen LogP contribution in [0.25, 0.3) is 0 Å². The maximum Gasteiger partial charge on any atom is 0.503 e. The van der Waals surface area contributed by atoms with Crippen molar-refractivity contribution in [3.63, 3.8) is 0 Å². The van der Waals surface area contributed by atoms with Crippen LogP contribution in [0, 0.1) is 0 Å². The van der Waals surface area contributed by atoms with Crippen molar-refractivity contribution in [1.82, 2.24) is 0 Å². The summed E-state index contributed by atoms with van der Waals surface area (Å²) in [5, 5.41) is 9.59. The van der Waals surface area contributed by atoms with Crippen LogP contribution in [0.15, 0.2) is 0 Å². The van der Waals surface area contributed by atoms with Crippen LogP contribution < -0.4 is 0 Å². The molecule has 0 aromatic heterocycles. The number of aliphatic hydroxyl groups excluding tert-OH is 1. The van der Waals surface area contributed by atoms with E-state index in [1.807, 2.05) is 20.8 Å². The van der Waals surface area contributed by atoms with Crippen LogP contribution in [-0.2, 0) is 13.3 Å². The number of aliphatic hydroxyl groups is 1. The summed E-state index contributed by atoms with van der Waals surface area (Å²) >= 11 is 4.04. The first-order valence-corrected chi connectivity index (χ1v) is 7.91. The lowest BCUT2D eigenvalue weighted by Crippen LogP contribution is -2.48. The van der Waals surface area contributed by atoms with Gasteiger partial charge in [-0.1, -0.05) is 0 Å². The van der Waals surface area contributed by atoms with Gasteiger partial charge >= 0.3 is 8.80 Å². The lowest BCUT2D eigenvalue weighted by molar-refractivity contribution is 0.0588. The van der Waals surface area contributed by atoms with Gasteiger partial charge in [-0.2, -0.15) is 12.6 Å². The maximum atomic E-state index is 9.59. The van der Waals surface area contributed by atoms with E-state index >= 15 is 0 Å². The summed E-state index contributed by atoms with van der Waals surface area (Å²) < 4.78 is 16.8. The van der Waals surface area contributed by atoms with Gasteiger partial charge < -0.3 is 18.4 Å². The van der Waals surface area contributed by atoms with Crippen molar-refractivity contribution >= 4 is 21.4 Å². The van der Waals surface area contributed by atoms with Crippen LogP contribution >= 0.6 is 12.6 Å². The fourth-order valence-corrected chi connectivity index (χ4v) is 4.33. The van der Waals surface area contributed by atoms with E-state index in [0.29, 0.717) is 31.6 Å². The molecular weight excluding hydrogens is 232 g/mol. The molecule has 92 valence electrons. The van der Waals surface area contributed by atoms with Gasteiger partial charge in [-0.25, -0.2) is 0 Å². The molecule has 1 unspecified atom stereocenters. The smallest absolute Gasteiger partial charge is 0.392 e. The van der Waals surface area contributed by atoms with Crippen molar-refractivity contribution in [2.75, 3.05) is 25.6 Å². The van der Waals surface area contributed by atoms with Crippen LogP contribution in [0.1, 0.15) is 20.8 Å². The third kappa shape index (κ3) is 5.89. The minimum absolute atomic E-state index is 0.391. The van der Waals surface area contributed by atoms with Gasteiger partial charge in [0.05, 0.1) is 6.10 Å². The fourth-order valence-electron chi connectivity index (χ4n) is 1.31. The van der Waals surface area contributed by atoms with E-state index in [1.54, 1.807) is 0 Å². The minimum atomic E-state index is -2.68. The van der Waals surface area contributed by atoms with Crippen LogP contribution in [0.4, 0.5) is 0 Å². The third-order valence-electron chi connectivity index (χ3n) is 1.79. The lowest BCUT2D eigenvalue weighted by Gasteiger charge is -2.29. The van der Waals surface area contributed by atoms with Crippen molar-refractivity contribution < 1.29 is 18.4 Å². The Bertz CT molecular complexity index is 142. The molecule has 0 aliphatic carbocycles. The zero-order valence-electron chi connectivity index (χ0n) is 9.73. The van der Waals surface area contributed by atoms with Crippen LogP contribution in [0.3, 0.4) is 0 Å². The molecule has 0 spiro atoms. The van der Waals surface area contributed by atoms with Gasteiger partial charge in [0.15, 0.2) is 0 Å². The summed E-state index contributed by atoms with van der Waals surface area (Å²) in [6.45, 7) is 7.29. The second-order valence-corrected chi connectivity index (χ2v) is 6.03. The Labute approximate surface area is 98.7 Å². The van der Waals surface area contributed by atoms with Gasteiger partial charge in [-0.15, -0.1) is 0 Å². The van der Waals surface area contributed by atoms with E-state index in [1.165, 1.54) is 0 Å². The average Bonchev–Trinajstić information content (AvgIpc) is 2.18. The van der Waals surface area contributed by atoms with Crippen LogP contribution in [0.2, 0.25) is 6.04 Å². The highest BCUT2D eigenvalue weighted by Crippen LogP contribution is 2.18. The normalized spacial score (nSPS) is 14.2. The molecule has 0 aromatic rings. The maximum absolute atomic E-state index is 9.59. The summed E-state index contributed by atoms with van der Waals surface area (Å²) in [5.41, 5.74) is 0. The first-order chi connectivity index (χ1) is 7.14. The molecule has 0 saturated carbocycles. The molecule has 0 bridgehead atoms. The molecule has 4 nitrogen and oxygen atoms in total. The quantitative estimate of drug-likeness (QED) is 0.481. The molecule has 0 rings (SSSR count). The van der Waals surface area contributed by atoms with Gasteiger partial charge in [-0.3, -0.25) is 0 Å². The summed E-state index contributed by atoms with van der Waals surface area (Å²) in [7, 11) is -2.68. The molecule has 0 saturated heterocycles. The van der Waals surface area contributed by atoms with Gasteiger partial charge in [0.25, 0.3) is 0 Å². The van der Waals surface area contributed by atoms with E-state index in [-0.39, 0.29) is 0 Å². The van der Waals surface area contributed by atoms with E-state index in [0.717, 1.165) is 0 Å². The summed E-state index contributed by atoms with van der Waals surface area (Å²) in [6, 6.07) is 0.409. The average molecular weight is 254 g/mol. The van der Waals surface area contributed by atoms with Crippen molar-refractivity contribution in [3.8, 4) is 0 Å². The molecular formula is C9H22O4SSi. The lowest BCUT2D eigenvalue weighted by atomic mass is 10.5. The molecule has 0 amide bonds. The predicted molar refractivity (Wildman–Crippen MR) is 65.3 cm³/mol. The highest BCUT2D eigenvalue weighted by molar-refractivity contribution is 7.80. The molecule has 0 heterocycles. The minimum Gasteiger partial charge on any atom is -0.392 e. The SMILES string of the molecule is CCO[Si](CC(O)CS)(OCC)OCC. The molecule has 6 heteroatoms. The van der Waals surface area contributed by atoms with Gasteiger partial charge in [0, 0.05) is 31.6 Å². The van der Waals surface area contributed by atoms with Crippen LogP contribution in [-0.4, -0.2) is 45.6 Å². The van der Waals surface area contributed by atoms with E-state index in [2.05, 4.69) is 12.6 Å². The fraction of sp³-hybridized carbons (Fsp3) is 1.00. The van der Waals surface area contributed by atoms with Gasteiger partial charge in [0.1, 0.15) is 0 Å². The van der Waals surface area contributed by atoms with E-state index < -0.39 is 14.9 Å². The molecule has 1 N–H and O–H groups in total. The van der Waals surface area contributed by atoms with E-state index in [4.69, 9.17) is 13.3 Å². The van der Waals surface area contributed by atoms with Crippen molar-refractivity contribution in [1.29, 1.82) is 0 Å². The van der Waals surface area contributed by atoms with Gasteiger partial charge in [0.2, 0.25) is 0 Å². The molecule has 1 atom stereocenters. The largest absolute Gasteiger partial charge is 0.503 e. The first kappa shape index (κ1) is 15.4. The number of hydrogen-bond donors (Lipinski definition) is 2. The third-order valence-corrected chi connectivity index (χ3v) is 5.37. The number of thiol groups is 1. The standard InChI is InChI=1S/C9H22O4SSi/c1-4-11-15(12-5-2,13-6-3)8-9(10)7-14/h9-10,14H,4-8H2,1-3H3. The second-order valence-electron chi connectivity index (χ2n) is 3.02. The molecule has 0 radical (unpaired) electrons. The van der Waals surface area contributed by atoms with Crippen molar-refractivity contribution in [2.24, 2.45) is 0 Å². The number of hydrogen-bond acceptors (Lipinski definition) is 5. The zero-order chi connectivity index (χ0) is 11.7. The predicted octanol–water partition coefficient (Wildman–Crippen LogP) is 1.33. The Balaban J connectivity index is 4.44. The molecule has 0 aliphatic heterocycles. The van der Waals surface area contributed by atoms with E-state index in [9.17, 15) is 5.11 Å². The Morgan fingerprint density at radius 2 is 1.47 bits per heavy atom.